The van der Waals surface area contributed by atoms with Gasteiger partial charge in [-0.15, -0.1) is 0 Å². The lowest BCUT2D eigenvalue weighted by Gasteiger charge is -2.46. The van der Waals surface area contributed by atoms with Crippen LogP contribution in [0.15, 0.2) is 97.2 Å². The highest BCUT2D eigenvalue weighted by atomic mass is 16.7. The second-order valence-corrected chi connectivity index (χ2v) is 24.3. The molecule has 0 aromatic rings. The van der Waals surface area contributed by atoms with Gasteiger partial charge in [0.2, 0.25) is 5.91 Å². The highest BCUT2D eigenvalue weighted by Crippen LogP contribution is 2.30. The molecule has 0 saturated carbocycles. The number of hydrogen-bond acceptors (Lipinski definition) is 13. The van der Waals surface area contributed by atoms with Crippen molar-refractivity contribution in [1.82, 2.24) is 5.32 Å². The summed E-state index contributed by atoms with van der Waals surface area (Å²) in [5.74, 6) is -0.249. The van der Waals surface area contributed by atoms with Gasteiger partial charge in [-0.3, -0.25) is 4.79 Å². The molecule has 2 aliphatic heterocycles. The van der Waals surface area contributed by atoms with E-state index in [1.807, 2.05) is 6.08 Å². The molecule has 12 unspecified atom stereocenters. The van der Waals surface area contributed by atoms with E-state index in [0.717, 1.165) is 70.6 Å². The van der Waals surface area contributed by atoms with Crippen LogP contribution in [0.25, 0.3) is 0 Å². The minimum atomic E-state index is -1.79. The van der Waals surface area contributed by atoms with Crippen molar-refractivity contribution in [2.75, 3.05) is 19.8 Å². The molecule has 1 amide bonds. The summed E-state index contributed by atoms with van der Waals surface area (Å²) in [6.07, 6.45) is 63.6. The van der Waals surface area contributed by atoms with E-state index >= 15 is 0 Å². The van der Waals surface area contributed by atoms with Gasteiger partial charge in [0, 0.05) is 6.42 Å². The van der Waals surface area contributed by atoms with E-state index in [-0.39, 0.29) is 18.9 Å². The lowest BCUT2D eigenvalue weighted by Crippen LogP contribution is -2.65. The summed E-state index contributed by atoms with van der Waals surface area (Å²) >= 11 is 0. The summed E-state index contributed by atoms with van der Waals surface area (Å²) in [6.45, 7) is 2.65. The van der Waals surface area contributed by atoms with Gasteiger partial charge in [0.05, 0.1) is 32.0 Å². The van der Waals surface area contributed by atoms with Crippen molar-refractivity contribution in [1.29, 1.82) is 0 Å². The van der Waals surface area contributed by atoms with Crippen LogP contribution in [0, 0.1) is 0 Å². The molecule has 14 heteroatoms. The summed E-state index contributed by atoms with van der Waals surface area (Å²) in [6, 6.07) is -0.933. The van der Waals surface area contributed by atoms with Crippen LogP contribution in [-0.4, -0.2) is 140 Å². The summed E-state index contributed by atoms with van der Waals surface area (Å²) in [4.78, 5) is 13.3. The fraction of sp³-hybridized carbons (Fsp3) is 0.767. The van der Waals surface area contributed by atoms with E-state index < -0.39 is 86.8 Å². The van der Waals surface area contributed by atoms with E-state index in [1.165, 1.54) is 161 Å². The maximum Gasteiger partial charge on any atom is 0.220 e. The first-order chi connectivity index (χ1) is 42.6. The topological polar surface area (TPSA) is 228 Å². The van der Waals surface area contributed by atoms with Crippen LogP contribution in [0.2, 0.25) is 0 Å². The minimum absolute atomic E-state index is 0.249. The number of carbonyl (C=O) groups excluding carboxylic acids is 1. The number of nitrogens with one attached hydrogen (secondary N) is 1. The second-order valence-electron chi connectivity index (χ2n) is 24.3. The highest BCUT2D eigenvalue weighted by Gasteiger charge is 2.51. The molecule has 0 aromatic carbocycles. The summed E-state index contributed by atoms with van der Waals surface area (Å²) in [7, 11) is 0. The Bertz CT molecular complexity index is 1830. The second kappa shape index (κ2) is 56.9. The standard InChI is InChI=1S/C73H127NO13/c1-3-5-7-9-11-13-15-17-18-19-20-21-22-23-24-25-26-27-28-29-30-31-32-33-34-35-36-37-38-39-40-41-42-43-44-45-47-49-51-53-55-57-65(78)74-61(62(77)56-54-52-50-48-46-16-14-12-10-8-6-4-2)60-84-72-70(83)68(81)71(64(59-76)86-72)87-73-69(82)67(80)66(79)63(58-75)85-73/h5,7,11,13,17-18,20-21,23-24,26-27,46,48,54,56,61-64,66-73,75-77,79-83H,3-4,6,8-10,12,14-16,19,22,25,28-45,47,49-53,55,57-60H2,1-2H3,(H,74,78)/b7-5-,13-11-,18-17-,21-20-,24-23-,27-26-,48-46+,56-54+. The maximum atomic E-state index is 13.3. The Morgan fingerprint density at radius 1 is 0.425 bits per heavy atom. The third-order valence-electron chi connectivity index (χ3n) is 16.5. The number of aliphatic hydroxyl groups is 8. The van der Waals surface area contributed by atoms with Gasteiger partial charge in [0.25, 0.3) is 0 Å². The van der Waals surface area contributed by atoms with Crippen molar-refractivity contribution in [3.05, 3.63) is 97.2 Å². The fourth-order valence-corrected chi connectivity index (χ4v) is 11.0. The van der Waals surface area contributed by atoms with Crippen LogP contribution >= 0.6 is 0 Å². The number of aliphatic hydroxyl groups excluding tert-OH is 8. The Hall–Kier alpha value is -3.09. The van der Waals surface area contributed by atoms with Gasteiger partial charge in [0.1, 0.15) is 48.8 Å². The minimum Gasteiger partial charge on any atom is -0.394 e. The van der Waals surface area contributed by atoms with Crippen LogP contribution in [-0.2, 0) is 23.7 Å². The van der Waals surface area contributed by atoms with E-state index in [0.29, 0.717) is 12.8 Å². The molecule has 2 aliphatic rings. The fourth-order valence-electron chi connectivity index (χ4n) is 11.0. The van der Waals surface area contributed by atoms with Crippen molar-refractivity contribution in [3.8, 4) is 0 Å². The van der Waals surface area contributed by atoms with E-state index in [2.05, 4.69) is 104 Å². The Balaban J connectivity index is 1.54. The molecule has 0 spiro atoms. The molecule has 14 nitrogen and oxygen atoms in total. The molecule has 2 heterocycles. The lowest BCUT2D eigenvalue weighted by atomic mass is 9.97. The third kappa shape index (κ3) is 41.1. The molecular formula is C73H127NO13. The lowest BCUT2D eigenvalue weighted by molar-refractivity contribution is -0.359. The summed E-state index contributed by atoms with van der Waals surface area (Å²) in [5, 5.41) is 87.1. The van der Waals surface area contributed by atoms with Crippen LogP contribution in [0.3, 0.4) is 0 Å². The zero-order valence-electron chi connectivity index (χ0n) is 54.5. The van der Waals surface area contributed by atoms with Gasteiger partial charge >= 0.3 is 0 Å². The largest absolute Gasteiger partial charge is 0.394 e. The third-order valence-corrected chi connectivity index (χ3v) is 16.5. The number of rotatable bonds is 56. The number of unbranched alkanes of at least 4 members (excludes halogenated alkanes) is 29. The van der Waals surface area contributed by atoms with Crippen molar-refractivity contribution in [2.45, 2.75) is 338 Å². The molecule has 0 aromatic heterocycles. The Kier molecular flexibility index (Phi) is 52.3. The molecule has 2 saturated heterocycles. The molecule has 12 atom stereocenters. The number of carbonyl (C=O) groups is 1. The van der Waals surface area contributed by atoms with Crippen molar-refractivity contribution in [2.24, 2.45) is 0 Å². The van der Waals surface area contributed by atoms with Crippen LogP contribution < -0.4 is 5.32 Å². The molecule has 502 valence electrons. The van der Waals surface area contributed by atoms with Crippen molar-refractivity contribution < 1.29 is 64.6 Å². The Labute approximate surface area is 528 Å². The van der Waals surface area contributed by atoms with Gasteiger partial charge in [-0.1, -0.05) is 272 Å². The van der Waals surface area contributed by atoms with E-state index in [9.17, 15) is 45.6 Å². The SMILES string of the molecule is CC/C=C\C/C=C\C/C=C\C/C=C\C/C=C\C/C=C\CCCCCCCCCCCCCCCCCCCCCCCCC(=O)NC(COC1OC(CO)C(OC2OC(CO)C(O)C(O)C2O)C(O)C1O)C(O)/C=C/CC/C=C/CCCCCCCC. The van der Waals surface area contributed by atoms with Crippen molar-refractivity contribution in [3.63, 3.8) is 0 Å². The summed E-state index contributed by atoms with van der Waals surface area (Å²) < 4.78 is 22.8. The van der Waals surface area contributed by atoms with Crippen LogP contribution in [0.4, 0.5) is 0 Å². The molecule has 0 aliphatic carbocycles. The molecule has 2 rings (SSSR count). The van der Waals surface area contributed by atoms with Gasteiger partial charge in [-0.2, -0.15) is 0 Å². The number of allylic oxidation sites excluding steroid dienone is 15. The van der Waals surface area contributed by atoms with E-state index in [4.69, 9.17) is 18.9 Å². The Morgan fingerprint density at radius 2 is 0.805 bits per heavy atom. The molecule has 2 fully saturated rings. The Morgan fingerprint density at radius 3 is 1.26 bits per heavy atom. The van der Waals surface area contributed by atoms with Gasteiger partial charge < -0.3 is 65.1 Å². The molecule has 0 bridgehead atoms. The van der Waals surface area contributed by atoms with Crippen molar-refractivity contribution >= 4 is 5.91 Å². The predicted octanol–water partition coefficient (Wildman–Crippen LogP) is 14.2. The first-order valence-corrected chi connectivity index (χ1v) is 35.0. The van der Waals surface area contributed by atoms with Crippen LogP contribution in [0.5, 0.6) is 0 Å². The van der Waals surface area contributed by atoms with Gasteiger partial charge in [-0.05, 0) is 83.5 Å². The predicted molar refractivity (Wildman–Crippen MR) is 355 cm³/mol. The first kappa shape index (κ1) is 80.0. The number of amides is 1. The zero-order valence-corrected chi connectivity index (χ0v) is 54.5. The maximum absolute atomic E-state index is 13.3. The van der Waals surface area contributed by atoms with Gasteiger partial charge in [-0.25, -0.2) is 0 Å². The molecule has 9 N–H and O–H groups in total. The zero-order chi connectivity index (χ0) is 63.1. The average Bonchev–Trinajstić information content (AvgIpc) is 2.31. The van der Waals surface area contributed by atoms with E-state index in [1.54, 1.807) is 6.08 Å². The number of ether oxygens (including phenoxy) is 4. The summed E-state index contributed by atoms with van der Waals surface area (Å²) in [5.41, 5.74) is 0. The molecule has 0 radical (unpaired) electrons. The molecular weight excluding hydrogens is 1100 g/mol. The van der Waals surface area contributed by atoms with Crippen LogP contribution in [0.1, 0.15) is 264 Å². The quantitative estimate of drug-likeness (QED) is 0.0204. The first-order valence-electron chi connectivity index (χ1n) is 35.0. The smallest absolute Gasteiger partial charge is 0.220 e. The normalized spacial score (nSPS) is 23.9. The number of hydrogen-bond donors (Lipinski definition) is 9. The monoisotopic (exact) mass is 1230 g/mol. The molecule has 87 heavy (non-hydrogen) atoms. The average molecular weight is 1230 g/mol. The highest BCUT2D eigenvalue weighted by molar-refractivity contribution is 5.76. The van der Waals surface area contributed by atoms with Gasteiger partial charge in [0.15, 0.2) is 12.6 Å².